The number of piperidine rings is 1. The summed E-state index contributed by atoms with van der Waals surface area (Å²) in [7, 11) is 0. The third kappa shape index (κ3) is 4.99. The average Bonchev–Trinajstić information content (AvgIpc) is 3.70. The van der Waals surface area contributed by atoms with E-state index >= 15 is 0 Å². The van der Waals surface area contributed by atoms with E-state index in [0.717, 1.165) is 18.5 Å². The van der Waals surface area contributed by atoms with E-state index in [1.54, 1.807) is 15.7 Å². The summed E-state index contributed by atoms with van der Waals surface area (Å²) in [5.74, 6) is 0.925. The normalized spacial score (nSPS) is 23.3. The molecule has 3 aromatic rings. The number of fused-ring (bicyclic) bond motifs is 1. The number of nitrogens with zero attached hydrogens (tertiary/aromatic N) is 4. The van der Waals surface area contributed by atoms with Crippen molar-refractivity contribution in [2.45, 2.75) is 56.5 Å². The van der Waals surface area contributed by atoms with Crippen LogP contribution in [0.5, 0.6) is 0 Å². The van der Waals surface area contributed by atoms with Gasteiger partial charge in [0, 0.05) is 44.3 Å². The van der Waals surface area contributed by atoms with E-state index in [4.69, 9.17) is 0 Å². The molecule has 0 radical (unpaired) electrons. The summed E-state index contributed by atoms with van der Waals surface area (Å²) in [4.78, 5) is 50.2. The van der Waals surface area contributed by atoms with Gasteiger partial charge in [-0.2, -0.15) is 0 Å². The second-order valence-corrected chi connectivity index (χ2v) is 10.8. The number of likely N-dealkylation sites (tertiary alicyclic amines) is 2. The van der Waals surface area contributed by atoms with E-state index in [9.17, 15) is 14.4 Å². The van der Waals surface area contributed by atoms with Crippen LogP contribution in [0.25, 0.3) is 11.2 Å². The highest BCUT2D eigenvalue weighted by molar-refractivity contribution is 5.87. The molecule has 2 N–H and O–H groups in total. The maximum absolute atomic E-state index is 13.5. The smallest absolute Gasteiger partial charge is 0.327 e. The third-order valence-corrected chi connectivity index (χ3v) is 8.21. The summed E-state index contributed by atoms with van der Waals surface area (Å²) in [5.41, 5.74) is 2.48. The van der Waals surface area contributed by atoms with Gasteiger partial charge in [-0.1, -0.05) is 30.3 Å². The summed E-state index contributed by atoms with van der Waals surface area (Å²) in [6, 6.07) is 13.5. The fourth-order valence-electron chi connectivity index (χ4n) is 5.96. The van der Waals surface area contributed by atoms with Gasteiger partial charge >= 0.3 is 11.7 Å². The van der Waals surface area contributed by atoms with Gasteiger partial charge < -0.3 is 15.1 Å². The predicted octanol–water partition coefficient (Wildman–Crippen LogP) is 3.26. The first-order chi connectivity index (χ1) is 18.1. The number of carbonyl (C=O) groups excluding carboxylic acids is 2. The monoisotopic (exact) mass is 502 g/mol. The van der Waals surface area contributed by atoms with Crippen LogP contribution in [0.2, 0.25) is 0 Å². The van der Waals surface area contributed by atoms with E-state index < -0.39 is 6.04 Å². The minimum Gasteiger partial charge on any atom is -0.340 e. The van der Waals surface area contributed by atoms with Gasteiger partial charge in [-0.05, 0) is 62.1 Å². The van der Waals surface area contributed by atoms with Crippen LogP contribution in [0.4, 0.5) is 4.79 Å². The number of carbonyl (C=O) groups is 2. The number of urea groups is 1. The van der Waals surface area contributed by atoms with Crippen molar-refractivity contribution in [1.82, 2.24) is 29.7 Å². The molecule has 6 rings (SSSR count). The van der Waals surface area contributed by atoms with Gasteiger partial charge in [0.1, 0.15) is 6.04 Å². The highest BCUT2D eigenvalue weighted by Gasteiger charge is 2.36. The SMILES string of the molecule is O=C(N[C@@H]1CC[C@@H](c2ccccc2)CN(CC2CC2)C1=O)N1CCC(n2c(=O)[nH]c3ncccc32)CC1. The van der Waals surface area contributed by atoms with E-state index in [2.05, 4.69) is 39.6 Å². The number of H-pyrrole nitrogens is 1. The van der Waals surface area contributed by atoms with Crippen molar-refractivity contribution in [3.05, 3.63) is 64.7 Å². The molecule has 2 saturated heterocycles. The second-order valence-electron chi connectivity index (χ2n) is 10.8. The Kier molecular flexibility index (Phi) is 6.44. The standard InChI is InChI=1S/C28H34N6O3/c35-26-23(11-10-21(20-5-2-1-3-6-20)18-33(26)17-19-8-9-19)30-27(36)32-15-12-22(13-16-32)34-24-7-4-14-29-25(24)31-28(34)37/h1-7,14,19,21-23H,8-13,15-18H2,(H,30,36)(H,29,31,37)/t21-,23-/m1/s1. The number of hydrogen-bond donors (Lipinski definition) is 2. The number of pyridine rings is 1. The van der Waals surface area contributed by atoms with Crippen LogP contribution in [-0.4, -0.2) is 68.5 Å². The third-order valence-electron chi connectivity index (χ3n) is 8.21. The first-order valence-electron chi connectivity index (χ1n) is 13.5. The highest BCUT2D eigenvalue weighted by atomic mass is 16.2. The van der Waals surface area contributed by atoms with Gasteiger partial charge in [-0.3, -0.25) is 14.3 Å². The van der Waals surface area contributed by atoms with Crippen LogP contribution in [0.3, 0.4) is 0 Å². The molecule has 1 aromatic carbocycles. The number of nitrogens with one attached hydrogen (secondary N) is 2. The number of imidazole rings is 1. The summed E-state index contributed by atoms with van der Waals surface area (Å²) in [6.45, 7) is 2.57. The Labute approximate surface area is 215 Å². The molecule has 3 amide bonds. The van der Waals surface area contributed by atoms with E-state index in [1.165, 1.54) is 18.4 Å². The molecule has 0 unspecified atom stereocenters. The highest BCUT2D eigenvalue weighted by Crippen LogP contribution is 2.33. The molecule has 2 atom stereocenters. The summed E-state index contributed by atoms with van der Waals surface area (Å²) < 4.78 is 1.77. The van der Waals surface area contributed by atoms with Crippen LogP contribution in [0.1, 0.15) is 56.0 Å². The van der Waals surface area contributed by atoms with Crippen molar-refractivity contribution in [3.63, 3.8) is 0 Å². The Morgan fingerprint density at radius 2 is 1.76 bits per heavy atom. The summed E-state index contributed by atoms with van der Waals surface area (Å²) in [6.07, 6.45) is 6.89. The molecule has 1 saturated carbocycles. The molecule has 0 bridgehead atoms. The van der Waals surface area contributed by atoms with Gasteiger partial charge in [0.15, 0.2) is 5.65 Å². The number of aromatic nitrogens is 3. The summed E-state index contributed by atoms with van der Waals surface area (Å²) in [5, 5.41) is 3.08. The minimum absolute atomic E-state index is 0.00896. The fourth-order valence-corrected chi connectivity index (χ4v) is 5.96. The number of amides is 3. The van der Waals surface area contributed by atoms with Gasteiger partial charge in [0.25, 0.3) is 0 Å². The molecule has 3 aliphatic rings. The van der Waals surface area contributed by atoms with Crippen LogP contribution in [-0.2, 0) is 4.79 Å². The lowest BCUT2D eigenvalue weighted by Gasteiger charge is -2.34. The Balaban J connectivity index is 1.11. The fraction of sp³-hybridized carbons (Fsp3) is 0.500. The topological polar surface area (TPSA) is 103 Å². The van der Waals surface area contributed by atoms with Gasteiger partial charge in [-0.15, -0.1) is 0 Å². The number of benzene rings is 1. The quantitative estimate of drug-likeness (QED) is 0.559. The number of rotatable bonds is 5. The Hall–Kier alpha value is -3.62. The zero-order valence-corrected chi connectivity index (χ0v) is 21.0. The molecule has 4 heterocycles. The Bertz CT molecular complexity index is 1320. The lowest BCUT2D eigenvalue weighted by Crippen LogP contribution is -2.53. The van der Waals surface area contributed by atoms with Gasteiger partial charge in [0.2, 0.25) is 5.91 Å². The maximum atomic E-state index is 13.5. The van der Waals surface area contributed by atoms with E-state index in [-0.39, 0.29) is 29.6 Å². The first-order valence-corrected chi connectivity index (χ1v) is 13.5. The predicted molar refractivity (Wildman–Crippen MR) is 140 cm³/mol. The molecule has 0 spiro atoms. The lowest BCUT2D eigenvalue weighted by atomic mass is 9.93. The largest absolute Gasteiger partial charge is 0.340 e. The average molecular weight is 503 g/mol. The first kappa shape index (κ1) is 23.8. The Morgan fingerprint density at radius 3 is 2.51 bits per heavy atom. The molecular formula is C28H34N6O3. The molecule has 3 fully saturated rings. The van der Waals surface area contributed by atoms with E-state index in [1.807, 2.05) is 23.1 Å². The van der Waals surface area contributed by atoms with Crippen LogP contribution >= 0.6 is 0 Å². The van der Waals surface area contributed by atoms with Crippen LogP contribution < -0.4 is 11.0 Å². The molecular weight excluding hydrogens is 468 g/mol. The molecule has 9 nitrogen and oxygen atoms in total. The number of aromatic amines is 1. The molecule has 2 aromatic heterocycles. The van der Waals surface area contributed by atoms with Crippen LogP contribution in [0, 0.1) is 5.92 Å². The van der Waals surface area contributed by atoms with Crippen molar-refractivity contribution in [1.29, 1.82) is 0 Å². The van der Waals surface area contributed by atoms with Crippen molar-refractivity contribution < 1.29 is 9.59 Å². The molecule has 37 heavy (non-hydrogen) atoms. The zero-order valence-electron chi connectivity index (χ0n) is 21.0. The van der Waals surface area contributed by atoms with E-state index in [0.29, 0.717) is 50.5 Å². The zero-order chi connectivity index (χ0) is 25.4. The second kappa shape index (κ2) is 10.0. The number of hydrogen-bond acceptors (Lipinski definition) is 4. The van der Waals surface area contributed by atoms with Crippen molar-refractivity contribution in [2.75, 3.05) is 26.2 Å². The van der Waals surface area contributed by atoms with Crippen molar-refractivity contribution >= 4 is 23.1 Å². The molecule has 1 aliphatic carbocycles. The molecule has 2 aliphatic heterocycles. The lowest BCUT2D eigenvalue weighted by molar-refractivity contribution is -0.133. The molecule has 194 valence electrons. The van der Waals surface area contributed by atoms with Gasteiger partial charge in [0.05, 0.1) is 5.52 Å². The maximum Gasteiger partial charge on any atom is 0.327 e. The van der Waals surface area contributed by atoms with Crippen LogP contribution in [0.15, 0.2) is 53.5 Å². The Morgan fingerprint density at radius 1 is 0.973 bits per heavy atom. The van der Waals surface area contributed by atoms with Gasteiger partial charge in [-0.25, -0.2) is 14.6 Å². The van der Waals surface area contributed by atoms with Crippen molar-refractivity contribution in [2.24, 2.45) is 5.92 Å². The molecule has 9 heteroatoms. The van der Waals surface area contributed by atoms with Crippen molar-refractivity contribution in [3.8, 4) is 0 Å². The minimum atomic E-state index is -0.500. The summed E-state index contributed by atoms with van der Waals surface area (Å²) >= 11 is 0.